The van der Waals surface area contributed by atoms with Crippen LogP contribution in [0.3, 0.4) is 0 Å². The first kappa shape index (κ1) is 14.7. The zero-order valence-corrected chi connectivity index (χ0v) is 13.5. The Bertz CT molecular complexity index is 579. The largest absolute Gasteiger partial charge is 0.373 e. The summed E-state index contributed by atoms with van der Waals surface area (Å²) in [5.74, 6) is 2.24. The number of anilines is 2. The van der Waals surface area contributed by atoms with Gasteiger partial charge in [-0.1, -0.05) is 13.8 Å². The molecule has 0 unspecified atom stereocenters. The molecule has 2 aromatic rings. The lowest BCUT2D eigenvalue weighted by molar-refractivity contribution is 0.812. The monoisotopic (exact) mass is 291 g/mol. The van der Waals surface area contributed by atoms with Gasteiger partial charge in [-0.25, -0.2) is 15.0 Å². The van der Waals surface area contributed by atoms with E-state index in [4.69, 9.17) is 0 Å². The predicted octanol–water partition coefficient (Wildman–Crippen LogP) is 3.04. The number of aromatic nitrogens is 3. The fraction of sp³-hybridized carbons (Fsp3) is 0.500. The first-order valence-electron chi connectivity index (χ1n) is 6.67. The number of thiazole rings is 1. The summed E-state index contributed by atoms with van der Waals surface area (Å²) in [7, 11) is 3.96. The number of rotatable bonds is 5. The van der Waals surface area contributed by atoms with E-state index in [0.717, 1.165) is 29.4 Å². The SMILES string of the molecule is CNc1ncnc(N(C)Cc2scnc2C)c1C(C)C. The van der Waals surface area contributed by atoms with Crippen LogP contribution in [-0.2, 0) is 6.54 Å². The minimum atomic E-state index is 0.360. The van der Waals surface area contributed by atoms with E-state index < -0.39 is 0 Å². The van der Waals surface area contributed by atoms with Gasteiger partial charge in [-0.3, -0.25) is 0 Å². The molecule has 0 aliphatic carbocycles. The van der Waals surface area contributed by atoms with Gasteiger partial charge in [-0.15, -0.1) is 11.3 Å². The minimum absolute atomic E-state index is 0.360. The summed E-state index contributed by atoms with van der Waals surface area (Å²) in [6.45, 7) is 7.18. The fourth-order valence-electron chi connectivity index (χ4n) is 2.19. The van der Waals surface area contributed by atoms with Crippen LogP contribution in [0, 0.1) is 6.92 Å². The van der Waals surface area contributed by atoms with Gasteiger partial charge in [-0.2, -0.15) is 0 Å². The highest BCUT2D eigenvalue weighted by molar-refractivity contribution is 7.09. The lowest BCUT2D eigenvalue weighted by atomic mass is 10.0. The van der Waals surface area contributed by atoms with E-state index in [0.29, 0.717) is 5.92 Å². The van der Waals surface area contributed by atoms with Gasteiger partial charge in [0.25, 0.3) is 0 Å². The molecule has 5 nitrogen and oxygen atoms in total. The van der Waals surface area contributed by atoms with E-state index in [1.807, 2.05) is 19.5 Å². The van der Waals surface area contributed by atoms with Crippen LogP contribution >= 0.6 is 11.3 Å². The second-order valence-corrected chi connectivity index (χ2v) is 6.02. The Balaban J connectivity index is 2.34. The molecule has 0 aromatic carbocycles. The Kier molecular flexibility index (Phi) is 4.54. The maximum Gasteiger partial charge on any atom is 0.137 e. The van der Waals surface area contributed by atoms with Crippen molar-refractivity contribution < 1.29 is 0 Å². The Morgan fingerprint density at radius 3 is 2.60 bits per heavy atom. The van der Waals surface area contributed by atoms with Crippen LogP contribution in [0.4, 0.5) is 11.6 Å². The van der Waals surface area contributed by atoms with Crippen molar-refractivity contribution in [3.05, 3.63) is 28.0 Å². The Morgan fingerprint density at radius 2 is 2.05 bits per heavy atom. The standard InChI is InChI=1S/C14H21N5S/c1-9(2)12-13(15-4)16-7-17-14(12)19(5)6-11-10(3)18-8-20-11/h7-9H,6H2,1-5H3,(H,15,16,17). The van der Waals surface area contributed by atoms with Crippen molar-refractivity contribution in [3.8, 4) is 0 Å². The van der Waals surface area contributed by atoms with Gasteiger partial charge in [0.05, 0.1) is 17.7 Å². The van der Waals surface area contributed by atoms with Crippen LogP contribution in [0.25, 0.3) is 0 Å². The Labute approximate surface area is 124 Å². The summed E-state index contributed by atoms with van der Waals surface area (Å²) in [4.78, 5) is 16.5. The first-order valence-corrected chi connectivity index (χ1v) is 7.55. The molecule has 2 heterocycles. The van der Waals surface area contributed by atoms with Gasteiger partial charge in [0.2, 0.25) is 0 Å². The number of hydrogen-bond donors (Lipinski definition) is 1. The van der Waals surface area contributed by atoms with Crippen molar-refractivity contribution in [2.24, 2.45) is 0 Å². The van der Waals surface area contributed by atoms with Crippen molar-refractivity contribution in [1.29, 1.82) is 0 Å². The van der Waals surface area contributed by atoms with Crippen LogP contribution in [0.15, 0.2) is 11.8 Å². The lowest BCUT2D eigenvalue weighted by Crippen LogP contribution is -2.21. The number of nitrogens with zero attached hydrogens (tertiary/aromatic N) is 4. The van der Waals surface area contributed by atoms with Gasteiger partial charge < -0.3 is 10.2 Å². The van der Waals surface area contributed by atoms with E-state index in [9.17, 15) is 0 Å². The maximum atomic E-state index is 4.48. The Morgan fingerprint density at radius 1 is 1.30 bits per heavy atom. The topological polar surface area (TPSA) is 53.9 Å². The van der Waals surface area contributed by atoms with Crippen molar-refractivity contribution >= 4 is 23.0 Å². The summed E-state index contributed by atoms with van der Waals surface area (Å²) in [6.07, 6.45) is 1.61. The molecule has 0 bridgehead atoms. The van der Waals surface area contributed by atoms with E-state index >= 15 is 0 Å². The van der Waals surface area contributed by atoms with Gasteiger partial charge in [0, 0.05) is 24.5 Å². The molecule has 0 saturated carbocycles. The van der Waals surface area contributed by atoms with Gasteiger partial charge in [0.1, 0.15) is 18.0 Å². The quantitative estimate of drug-likeness (QED) is 0.917. The van der Waals surface area contributed by atoms with Gasteiger partial charge in [-0.05, 0) is 12.8 Å². The molecule has 0 saturated heterocycles. The highest BCUT2D eigenvalue weighted by Gasteiger charge is 2.18. The van der Waals surface area contributed by atoms with E-state index in [2.05, 4.69) is 46.1 Å². The molecule has 0 amide bonds. The molecule has 0 spiro atoms. The fourth-order valence-corrected chi connectivity index (χ4v) is 3.02. The smallest absolute Gasteiger partial charge is 0.137 e. The molecular formula is C14H21N5S. The summed E-state index contributed by atoms with van der Waals surface area (Å²) >= 11 is 1.68. The van der Waals surface area contributed by atoms with Crippen molar-refractivity contribution in [3.63, 3.8) is 0 Å². The normalized spacial score (nSPS) is 10.9. The average Bonchev–Trinajstić information content (AvgIpc) is 2.83. The van der Waals surface area contributed by atoms with Crippen molar-refractivity contribution in [2.75, 3.05) is 24.3 Å². The number of aryl methyl sites for hydroxylation is 1. The summed E-state index contributed by atoms with van der Waals surface area (Å²) < 4.78 is 0. The minimum Gasteiger partial charge on any atom is -0.373 e. The van der Waals surface area contributed by atoms with Gasteiger partial charge in [0.15, 0.2) is 0 Å². The molecule has 0 radical (unpaired) electrons. The first-order chi connectivity index (χ1) is 9.54. The molecule has 0 aliphatic heterocycles. The summed E-state index contributed by atoms with van der Waals surface area (Å²) in [5, 5.41) is 3.15. The van der Waals surface area contributed by atoms with Crippen LogP contribution in [0.2, 0.25) is 0 Å². The highest BCUT2D eigenvalue weighted by Crippen LogP contribution is 2.31. The molecule has 20 heavy (non-hydrogen) atoms. The number of hydrogen-bond acceptors (Lipinski definition) is 6. The van der Waals surface area contributed by atoms with Crippen LogP contribution in [-0.4, -0.2) is 29.0 Å². The van der Waals surface area contributed by atoms with E-state index in [-0.39, 0.29) is 0 Å². The molecule has 1 N–H and O–H groups in total. The third-order valence-electron chi connectivity index (χ3n) is 3.26. The van der Waals surface area contributed by atoms with Crippen LogP contribution in [0.5, 0.6) is 0 Å². The van der Waals surface area contributed by atoms with E-state index in [1.165, 1.54) is 4.88 Å². The van der Waals surface area contributed by atoms with Crippen molar-refractivity contribution in [2.45, 2.75) is 33.2 Å². The van der Waals surface area contributed by atoms with Crippen molar-refractivity contribution in [1.82, 2.24) is 15.0 Å². The summed E-state index contributed by atoms with van der Waals surface area (Å²) in [5.41, 5.74) is 4.14. The van der Waals surface area contributed by atoms with Gasteiger partial charge >= 0.3 is 0 Å². The zero-order chi connectivity index (χ0) is 14.7. The molecule has 0 fully saturated rings. The van der Waals surface area contributed by atoms with Crippen LogP contribution in [0.1, 0.15) is 35.9 Å². The highest BCUT2D eigenvalue weighted by atomic mass is 32.1. The second-order valence-electron chi connectivity index (χ2n) is 5.08. The zero-order valence-electron chi connectivity index (χ0n) is 12.6. The Hall–Kier alpha value is -1.69. The molecule has 6 heteroatoms. The average molecular weight is 291 g/mol. The number of nitrogens with one attached hydrogen (secondary N) is 1. The third-order valence-corrected chi connectivity index (χ3v) is 4.18. The molecule has 0 atom stereocenters. The summed E-state index contributed by atoms with van der Waals surface area (Å²) in [6, 6.07) is 0. The lowest BCUT2D eigenvalue weighted by Gasteiger charge is -2.23. The molecule has 0 aliphatic rings. The maximum absolute atomic E-state index is 4.48. The predicted molar refractivity (Wildman–Crippen MR) is 84.6 cm³/mol. The molecule has 2 aromatic heterocycles. The van der Waals surface area contributed by atoms with E-state index in [1.54, 1.807) is 17.7 Å². The molecule has 108 valence electrons. The molecule has 2 rings (SSSR count). The molecular weight excluding hydrogens is 270 g/mol. The van der Waals surface area contributed by atoms with Crippen LogP contribution < -0.4 is 10.2 Å². The third kappa shape index (κ3) is 2.90. The second kappa shape index (κ2) is 6.17.